The zero-order chi connectivity index (χ0) is 14.4. The van der Waals surface area contributed by atoms with Crippen LogP contribution in [0.5, 0.6) is 0 Å². The van der Waals surface area contributed by atoms with Crippen LogP contribution in [0.4, 0.5) is 5.69 Å². The fraction of sp³-hybridized carbons (Fsp3) is 0.438. The summed E-state index contributed by atoms with van der Waals surface area (Å²) in [5, 5.41) is 3.41. The summed E-state index contributed by atoms with van der Waals surface area (Å²) in [6.45, 7) is 5.75. The Kier molecular flexibility index (Phi) is 5.32. The molecular formula is C16H22N2O2. The third-order valence-corrected chi connectivity index (χ3v) is 3.53. The van der Waals surface area contributed by atoms with Crippen LogP contribution in [0.15, 0.2) is 36.9 Å². The third-order valence-electron chi connectivity index (χ3n) is 3.53. The Labute approximate surface area is 120 Å². The maximum absolute atomic E-state index is 12.0. The Bertz CT molecular complexity index is 473. The van der Waals surface area contributed by atoms with Crippen molar-refractivity contribution in [2.24, 2.45) is 0 Å². The Hall–Kier alpha value is -1.65. The first-order valence-corrected chi connectivity index (χ1v) is 7.01. The van der Waals surface area contributed by atoms with Crippen LogP contribution in [0, 0.1) is 0 Å². The van der Waals surface area contributed by atoms with Crippen LogP contribution < -0.4 is 10.2 Å². The summed E-state index contributed by atoms with van der Waals surface area (Å²) < 4.78 is 5.47. The molecule has 20 heavy (non-hydrogen) atoms. The number of para-hydroxylation sites is 1. The number of amides is 1. The molecule has 1 aromatic rings. The summed E-state index contributed by atoms with van der Waals surface area (Å²) in [7, 11) is 1.83. The maximum atomic E-state index is 12.0. The number of nitrogens with one attached hydrogen (secondary N) is 1. The second kappa shape index (κ2) is 7.22. The molecule has 1 aromatic carbocycles. The van der Waals surface area contributed by atoms with Crippen molar-refractivity contribution in [1.29, 1.82) is 0 Å². The van der Waals surface area contributed by atoms with Crippen molar-refractivity contribution in [2.45, 2.75) is 18.9 Å². The number of carbonyl (C=O) groups excluding carboxylic acids is 1. The van der Waals surface area contributed by atoms with Crippen LogP contribution in [0.2, 0.25) is 0 Å². The van der Waals surface area contributed by atoms with E-state index >= 15 is 0 Å². The minimum atomic E-state index is 0.0814. The van der Waals surface area contributed by atoms with Gasteiger partial charge in [-0.05, 0) is 18.1 Å². The second-order valence-electron chi connectivity index (χ2n) is 4.91. The van der Waals surface area contributed by atoms with Crippen molar-refractivity contribution >= 4 is 11.6 Å². The number of carbonyl (C=O) groups is 1. The number of hydrogen-bond donors (Lipinski definition) is 1. The van der Waals surface area contributed by atoms with Crippen molar-refractivity contribution in [3.8, 4) is 0 Å². The van der Waals surface area contributed by atoms with Gasteiger partial charge in [-0.2, -0.15) is 0 Å². The van der Waals surface area contributed by atoms with Crippen LogP contribution in [-0.4, -0.2) is 32.7 Å². The Morgan fingerprint density at radius 3 is 3.05 bits per heavy atom. The molecule has 1 aliphatic heterocycles. The molecule has 1 aliphatic rings. The van der Waals surface area contributed by atoms with Gasteiger partial charge in [0.1, 0.15) is 0 Å². The lowest BCUT2D eigenvalue weighted by Crippen LogP contribution is -2.38. The maximum Gasteiger partial charge on any atom is 0.228 e. The SMILES string of the molecule is C=CCCOCCNC1CC(=O)N(C)c2ccccc21. The summed E-state index contributed by atoms with van der Waals surface area (Å²) >= 11 is 0. The smallest absolute Gasteiger partial charge is 0.228 e. The molecule has 0 aromatic heterocycles. The lowest BCUT2D eigenvalue weighted by Gasteiger charge is -2.32. The molecule has 0 spiro atoms. The molecule has 0 radical (unpaired) electrons. The molecule has 1 heterocycles. The van der Waals surface area contributed by atoms with Crippen LogP contribution in [0.1, 0.15) is 24.4 Å². The largest absolute Gasteiger partial charge is 0.380 e. The number of fused-ring (bicyclic) bond motifs is 1. The van der Waals surface area contributed by atoms with E-state index in [1.54, 1.807) is 4.90 Å². The number of benzene rings is 1. The molecule has 0 saturated carbocycles. The minimum Gasteiger partial charge on any atom is -0.380 e. The zero-order valence-corrected chi connectivity index (χ0v) is 12.0. The molecule has 0 saturated heterocycles. The van der Waals surface area contributed by atoms with Crippen LogP contribution in [0.3, 0.4) is 0 Å². The van der Waals surface area contributed by atoms with Crippen LogP contribution >= 0.6 is 0 Å². The zero-order valence-electron chi connectivity index (χ0n) is 12.0. The molecule has 1 unspecified atom stereocenters. The number of rotatable bonds is 7. The molecule has 1 N–H and O–H groups in total. The minimum absolute atomic E-state index is 0.0814. The molecule has 108 valence electrons. The van der Waals surface area contributed by atoms with E-state index in [1.807, 2.05) is 31.3 Å². The van der Waals surface area contributed by atoms with Gasteiger partial charge < -0.3 is 15.0 Å². The van der Waals surface area contributed by atoms with Crippen LogP contribution in [-0.2, 0) is 9.53 Å². The van der Waals surface area contributed by atoms with E-state index in [4.69, 9.17) is 4.74 Å². The third kappa shape index (κ3) is 3.46. The van der Waals surface area contributed by atoms with E-state index in [9.17, 15) is 4.79 Å². The molecular weight excluding hydrogens is 252 g/mol. The highest BCUT2D eigenvalue weighted by Crippen LogP contribution is 2.33. The van der Waals surface area contributed by atoms with Crippen molar-refractivity contribution in [3.05, 3.63) is 42.5 Å². The average molecular weight is 274 g/mol. The van der Waals surface area contributed by atoms with Gasteiger partial charge in [-0.25, -0.2) is 0 Å². The Morgan fingerprint density at radius 1 is 1.45 bits per heavy atom. The first kappa shape index (κ1) is 14.8. The van der Waals surface area contributed by atoms with Gasteiger partial charge in [-0.1, -0.05) is 24.3 Å². The number of hydrogen-bond acceptors (Lipinski definition) is 3. The molecule has 4 nitrogen and oxygen atoms in total. The van der Waals surface area contributed by atoms with E-state index in [1.165, 1.54) is 5.56 Å². The average Bonchev–Trinajstić information content (AvgIpc) is 2.47. The van der Waals surface area contributed by atoms with Gasteiger partial charge >= 0.3 is 0 Å². The van der Waals surface area contributed by atoms with Gasteiger partial charge in [-0.3, -0.25) is 4.79 Å². The first-order chi connectivity index (χ1) is 9.74. The number of ether oxygens (including phenoxy) is 1. The molecule has 1 atom stereocenters. The van der Waals surface area contributed by atoms with Gasteiger partial charge in [0.15, 0.2) is 0 Å². The quantitative estimate of drug-likeness (QED) is 0.612. The summed E-state index contributed by atoms with van der Waals surface area (Å²) in [6, 6.07) is 8.12. The fourth-order valence-electron chi connectivity index (χ4n) is 2.40. The topological polar surface area (TPSA) is 41.6 Å². The van der Waals surface area contributed by atoms with E-state index in [2.05, 4.69) is 18.0 Å². The lowest BCUT2D eigenvalue weighted by atomic mass is 9.96. The highest BCUT2D eigenvalue weighted by molar-refractivity contribution is 5.96. The molecule has 2 rings (SSSR count). The molecule has 0 bridgehead atoms. The van der Waals surface area contributed by atoms with Crippen molar-refractivity contribution in [2.75, 3.05) is 31.7 Å². The second-order valence-corrected chi connectivity index (χ2v) is 4.91. The lowest BCUT2D eigenvalue weighted by molar-refractivity contribution is -0.119. The van der Waals surface area contributed by atoms with Gasteiger partial charge in [0.25, 0.3) is 0 Å². The van der Waals surface area contributed by atoms with E-state index < -0.39 is 0 Å². The first-order valence-electron chi connectivity index (χ1n) is 7.01. The van der Waals surface area contributed by atoms with E-state index in [0.717, 1.165) is 18.7 Å². The Balaban J connectivity index is 1.90. The van der Waals surface area contributed by atoms with Gasteiger partial charge in [-0.15, -0.1) is 6.58 Å². The van der Waals surface area contributed by atoms with Gasteiger partial charge in [0, 0.05) is 31.7 Å². The fourth-order valence-corrected chi connectivity index (χ4v) is 2.40. The monoisotopic (exact) mass is 274 g/mol. The van der Waals surface area contributed by atoms with Gasteiger partial charge in [0.2, 0.25) is 5.91 Å². The standard InChI is InChI=1S/C16H22N2O2/c1-3-4-10-20-11-9-17-14-12-16(19)18(2)15-8-6-5-7-13(14)15/h3,5-8,14,17H,1,4,9-12H2,2H3. The summed E-state index contributed by atoms with van der Waals surface area (Å²) in [5.74, 6) is 0.147. The van der Waals surface area contributed by atoms with Crippen molar-refractivity contribution in [1.82, 2.24) is 5.32 Å². The molecule has 0 aliphatic carbocycles. The molecule has 1 amide bonds. The predicted octanol–water partition coefficient (Wildman–Crippen LogP) is 2.28. The number of nitrogens with zero attached hydrogens (tertiary/aromatic N) is 1. The molecule has 4 heteroatoms. The highest BCUT2D eigenvalue weighted by Gasteiger charge is 2.28. The number of anilines is 1. The van der Waals surface area contributed by atoms with Gasteiger partial charge in [0.05, 0.1) is 13.2 Å². The van der Waals surface area contributed by atoms with Crippen LogP contribution in [0.25, 0.3) is 0 Å². The normalized spacial score (nSPS) is 17.9. The Morgan fingerprint density at radius 2 is 2.25 bits per heavy atom. The van der Waals surface area contributed by atoms with E-state index in [0.29, 0.717) is 19.6 Å². The summed E-state index contributed by atoms with van der Waals surface area (Å²) in [4.78, 5) is 13.7. The van der Waals surface area contributed by atoms with Crippen molar-refractivity contribution in [3.63, 3.8) is 0 Å². The van der Waals surface area contributed by atoms with E-state index in [-0.39, 0.29) is 11.9 Å². The highest BCUT2D eigenvalue weighted by atomic mass is 16.5. The summed E-state index contributed by atoms with van der Waals surface area (Å²) in [6.07, 6.45) is 3.22. The molecule has 0 fully saturated rings. The summed E-state index contributed by atoms with van der Waals surface area (Å²) in [5.41, 5.74) is 2.18. The predicted molar refractivity (Wildman–Crippen MR) is 80.8 cm³/mol. The van der Waals surface area contributed by atoms with Crippen molar-refractivity contribution < 1.29 is 9.53 Å².